The maximum Gasteiger partial charge on any atom is 0.336 e. The van der Waals surface area contributed by atoms with Gasteiger partial charge >= 0.3 is 5.97 Å². The van der Waals surface area contributed by atoms with Crippen molar-refractivity contribution in [2.75, 3.05) is 19.7 Å². The molecule has 0 spiro atoms. The van der Waals surface area contributed by atoms with E-state index in [4.69, 9.17) is 27.9 Å². The first-order chi connectivity index (χ1) is 17.3. The van der Waals surface area contributed by atoms with Crippen LogP contribution in [0.3, 0.4) is 0 Å². The van der Waals surface area contributed by atoms with Crippen LogP contribution in [0.5, 0.6) is 0 Å². The Morgan fingerprint density at radius 3 is 2.33 bits per heavy atom. The molecular weight excluding hydrogens is 499 g/mol. The third-order valence-corrected chi connectivity index (χ3v) is 7.59. The van der Waals surface area contributed by atoms with Gasteiger partial charge in [0.25, 0.3) is 5.91 Å². The normalized spacial score (nSPS) is 18.4. The molecule has 0 saturated carbocycles. The van der Waals surface area contributed by atoms with Crippen LogP contribution < -0.4 is 0 Å². The molecule has 8 heteroatoms. The second kappa shape index (κ2) is 11.5. The Hall–Kier alpha value is -2.83. The first-order valence-electron chi connectivity index (χ1n) is 12.3. The molecule has 190 valence electrons. The second-order valence-electron chi connectivity index (χ2n) is 9.18. The van der Waals surface area contributed by atoms with Gasteiger partial charge in [-0.05, 0) is 68.5 Å². The third kappa shape index (κ3) is 5.60. The van der Waals surface area contributed by atoms with Gasteiger partial charge in [0, 0.05) is 36.7 Å². The van der Waals surface area contributed by atoms with E-state index in [1.807, 2.05) is 29.2 Å². The number of halogens is 2. The van der Waals surface area contributed by atoms with Crippen molar-refractivity contribution >= 4 is 41.0 Å². The van der Waals surface area contributed by atoms with Gasteiger partial charge in [-0.25, -0.2) is 4.79 Å². The number of allylic oxidation sites excluding steroid dienone is 1. The highest BCUT2D eigenvalue weighted by atomic mass is 35.5. The Labute approximate surface area is 221 Å². The molecule has 0 N–H and O–H groups in total. The summed E-state index contributed by atoms with van der Waals surface area (Å²) in [4.78, 5) is 42.6. The largest absolute Gasteiger partial charge is 0.463 e. The summed E-state index contributed by atoms with van der Waals surface area (Å²) in [6.45, 7) is 5.62. The molecule has 1 unspecified atom stereocenters. The number of benzene rings is 2. The van der Waals surface area contributed by atoms with E-state index in [1.165, 1.54) is 6.42 Å². The molecule has 0 aliphatic carbocycles. The second-order valence-corrected chi connectivity index (χ2v) is 9.99. The smallest absolute Gasteiger partial charge is 0.336 e. The maximum atomic E-state index is 13.3. The van der Waals surface area contributed by atoms with Crippen molar-refractivity contribution < 1.29 is 19.1 Å². The van der Waals surface area contributed by atoms with Crippen LogP contribution in [0, 0.1) is 0 Å². The van der Waals surface area contributed by atoms with E-state index in [2.05, 4.69) is 0 Å². The Balaban J connectivity index is 1.59. The van der Waals surface area contributed by atoms with Crippen molar-refractivity contribution in [3.05, 3.63) is 80.5 Å². The van der Waals surface area contributed by atoms with Crippen molar-refractivity contribution in [1.82, 2.24) is 9.80 Å². The first-order valence-corrected chi connectivity index (χ1v) is 13.1. The fourth-order valence-corrected chi connectivity index (χ4v) is 5.21. The van der Waals surface area contributed by atoms with Crippen LogP contribution in [0.25, 0.3) is 0 Å². The van der Waals surface area contributed by atoms with Crippen molar-refractivity contribution in [3.8, 4) is 0 Å². The summed E-state index contributed by atoms with van der Waals surface area (Å²) in [6, 6.07) is 12.5. The van der Waals surface area contributed by atoms with Gasteiger partial charge in [-0.2, -0.15) is 0 Å². The molecule has 1 saturated heterocycles. The first kappa shape index (κ1) is 26.2. The van der Waals surface area contributed by atoms with E-state index in [1.54, 1.807) is 36.9 Å². The number of esters is 1. The number of hydrogen-bond acceptors (Lipinski definition) is 4. The molecule has 0 radical (unpaired) electrons. The molecule has 2 aromatic carbocycles. The number of hydrogen-bond donors (Lipinski definition) is 0. The van der Waals surface area contributed by atoms with Gasteiger partial charge in [0.05, 0.1) is 28.8 Å². The zero-order valence-electron chi connectivity index (χ0n) is 20.6. The van der Waals surface area contributed by atoms with E-state index >= 15 is 0 Å². The van der Waals surface area contributed by atoms with Crippen LogP contribution in [-0.2, 0) is 20.9 Å². The predicted octanol–water partition coefficient (Wildman–Crippen LogP) is 5.97. The number of piperidine rings is 1. The lowest BCUT2D eigenvalue weighted by molar-refractivity contribution is -0.140. The number of nitrogens with zero attached hydrogens (tertiary/aromatic N) is 2. The zero-order valence-corrected chi connectivity index (χ0v) is 22.1. The fraction of sp³-hybridized carbons (Fsp3) is 0.393. The van der Waals surface area contributed by atoms with E-state index in [0.29, 0.717) is 33.4 Å². The van der Waals surface area contributed by atoms with Crippen molar-refractivity contribution in [3.63, 3.8) is 0 Å². The quantitative estimate of drug-likeness (QED) is 0.433. The minimum absolute atomic E-state index is 0.0421. The van der Waals surface area contributed by atoms with E-state index in [0.717, 1.165) is 37.1 Å². The zero-order chi connectivity index (χ0) is 25.8. The summed E-state index contributed by atoms with van der Waals surface area (Å²) in [5, 5.41) is 0.772. The molecule has 4 rings (SSSR count). The minimum atomic E-state index is -0.480. The van der Waals surface area contributed by atoms with Crippen molar-refractivity contribution in [2.45, 2.75) is 52.0 Å². The van der Waals surface area contributed by atoms with Gasteiger partial charge in [-0.3, -0.25) is 9.59 Å². The highest BCUT2D eigenvalue weighted by Gasteiger charge is 2.37. The molecule has 1 atom stereocenters. The Bertz CT molecular complexity index is 1190. The predicted molar refractivity (Wildman–Crippen MR) is 140 cm³/mol. The van der Waals surface area contributed by atoms with Crippen LogP contribution in [0.15, 0.2) is 53.7 Å². The molecule has 0 aromatic heterocycles. The fourth-order valence-electron chi connectivity index (χ4n) is 4.91. The summed E-state index contributed by atoms with van der Waals surface area (Å²) in [7, 11) is 0. The lowest BCUT2D eigenvalue weighted by Crippen LogP contribution is -2.38. The number of ether oxygens (including phenoxy) is 1. The maximum absolute atomic E-state index is 13.3. The molecule has 6 nitrogen and oxygen atoms in total. The standard InChI is InChI=1S/C28H30Cl2N2O4/c1-3-36-28(35)26-18(2)32(25(33)16-22(26)21-11-12-23(29)24(30)15-21)17-19-7-9-20(10-8-19)27(34)31-13-5-4-6-14-31/h7-12,15,22H,3-6,13-14,16-17H2,1-2H3. The molecule has 2 aliphatic rings. The SMILES string of the molecule is CCOC(=O)C1=C(C)N(Cc2ccc(C(=O)N3CCCCC3)cc2)C(=O)CC1c1ccc(Cl)c(Cl)c1. The van der Waals surface area contributed by atoms with Crippen LogP contribution >= 0.6 is 23.2 Å². The van der Waals surface area contributed by atoms with E-state index in [-0.39, 0.29) is 24.8 Å². The van der Waals surface area contributed by atoms with E-state index in [9.17, 15) is 14.4 Å². The van der Waals surface area contributed by atoms with Crippen LogP contribution in [0.2, 0.25) is 10.0 Å². The molecular formula is C28H30Cl2N2O4. The summed E-state index contributed by atoms with van der Waals surface area (Å²) in [5.41, 5.74) is 3.24. The molecule has 2 amide bonds. The molecule has 2 aliphatic heterocycles. The minimum Gasteiger partial charge on any atom is -0.463 e. The lowest BCUT2D eigenvalue weighted by atomic mass is 9.83. The monoisotopic (exact) mass is 528 g/mol. The van der Waals surface area contributed by atoms with Gasteiger partial charge in [-0.15, -0.1) is 0 Å². The number of likely N-dealkylation sites (tertiary alicyclic amines) is 1. The lowest BCUT2D eigenvalue weighted by Gasteiger charge is -2.34. The number of rotatable bonds is 6. The molecule has 36 heavy (non-hydrogen) atoms. The highest BCUT2D eigenvalue weighted by Crippen LogP contribution is 2.39. The number of amides is 2. The average molecular weight is 529 g/mol. The van der Waals surface area contributed by atoms with Gasteiger partial charge < -0.3 is 14.5 Å². The molecule has 0 bridgehead atoms. The Morgan fingerprint density at radius 2 is 1.69 bits per heavy atom. The van der Waals surface area contributed by atoms with E-state index < -0.39 is 11.9 Å². The van der Waals surface area contributed by atoms with Gasteiger partial charge in [0.2, 0.25) is 5.91 Å². The number of carbonyl (C=O) groups excluding carboxylic acids is 3. The molecule has 2 aromatic rings. The average Bonchev–Trinajstić information content (AvgIpc) is 2.88. The third-order valence-electron chi connectivity index (χ3n) is 6.85. The van der Waals surface area contributed by atoms with Crippen LogP contribution in [-0.4, -0.2) is 47.3 Å². The van der Waals surface area contributed by atoms with Gasteiger partial charge in [0.15, 0.2) is 0 Å². The Kier molecular flexibility index (Phi) is 8.37. The number of carbonyl (C=O) groups is 3. The summed E-state index contributed by atoms with van der Waals surface area (Å²) < 4.78 is 5.36. The van der Waals surface area contributed by atoms with Crippen molar-refractivity contribution in [2.24, 2.45) is 0 Å². The van der Waals surface area contributed by atoms with Gasteiger partial charge in [0.1, 0.15) is 0 Å². The molecule has 2 heterocycles. The summed E-state index contributed by atoms with van der Waals surface area (Å²) >= 11 is 12.3. The summed E-state index contributed by atoms with van der Waals surface area (Å²) in [6.07, 6.45) is 3.35. The van der Waals surface area contributed by atoms with Gasteiger partial charge in [-0.1, -0.05) is 41.4 Å². The van der Waals surface area contributed by atoms with Crippen LogP contribution in [0.1, 0.15) is 66.9 Å². The van der Waals surface area contributed by atoms with Crippen molar-refractivity contribution in [1.29, 1.82) is 0 Å². The highest BCUT2D eigenvalue weighted by molar-refractivity contribution is 6.42. The Morgan fingerprint density at radius 1 is 1.00 bits per heavy atom. The van der Waals surface area contributed by atoms with Crippen LogP contribution in [0.4, 0.5) is 0 Å². The molecule has 1 fully saturated rings. The topological polar surface area (TPSA) is 66.9 Å². The summed E-state index contributed by atoms with van der Waals surface area (Å²) in [5.74, 6) is -0.997.